The Kier molecular flexibility index (Phi) is 2.38. The van der Waals surface area contributed by atoms with Gasteiger partial charge in [-0.1, -0.05) is 6.92 Å². The van der Waals surface area contributed by atoms with Crippen LogP contribution in [-0.2, 0) is 6.42 Å². The first-order valence-electron chi connectivity index (χ1n) is 3.22. The fraction of sp³-hybridized carbons (Fsp3) is 0.429. The zero-order valence-corrected chi connectivity index (χ0v) is 7.64. The highest BCUT2D eigenvalue weighted by Gasteiger charge is 1.96. The summed E-state index contributed by atoms with van der Waals surface area (Å²) in [6.07, 6.45) is 2.69. The first kappa shape index (κ1) is 7.66. The normalized spacial score (nSPS) is 9.90. The number of hydrogen-bond acceptors (Lipinski definition) is 2. The lowest BCUT2D eigenvalue weighted by Gasteiger charge is -1.97. The monoisotopic (exact) mass is 200 g/mol. The van der Waals surface area contributed by atoms with E-state index in [9.17, 15) is 0 Å². The van der Waals surface area contributed by atoms with Crippen molar-refractivity contribution in [3.8, 4) is 0 Å². The van der Waals surface area contributed by atoms with E-state index in [0.29, 0.717) is 0 Å². The zero-order chi connectivity index (χ0) is 7.56. The van der Waals surface area contributed by atoms with Crippen molar-refractivity contribution in [2.75, 3.05) is 0 Å². The number of aryl methyl sites for hydroxylation is 2. The molecule has 0 N–H and O–H groups in total. The first-order valence-corrected chi connectivity index (χ1v) is 4.01. The predicted octanol–water partition coefficient (Wildman–Crippen LogP) is 2.11. The van der Waals surface area contributed by atoms with E-state index >= 15 is 0 Å². The van der Waals surface area contributed by atoms with Gasteiger partial charge in [-0.05, 0) is 22.9 Å². The highest BCUT2D eigenvalue weighted by atomic mass is 79.9. The van der Waals surface area contributed by atoms with Crippen molar-refractivity contribution in [1.82, 2.24) is 9.97 Å². The molecule has 0 aliphatic heterocycles. The molecule has 0 aromatic carbocycles. The Morgan fingerprint density at radius 2 is 2.30 bits per heavy atom. The molecular formula is C7H9BrN2. The van der Waals surface area contributed by atoms with E-state index < -0.39 is 0 Å². The number of nitrogens with zero attached hydrogens (tertiary/aromatic N) is 2. The maximum Gasteiger partial charge on any atom is 0.128 e. The molecule has 1 rings (SSSR count). The molecule has 0 aliphatic rings. The Morgan fingerprint density at radius 1 is 1.60 bits per heavy atom. The van der Waals surface area contributed by atoms with Crippen molar-refractivity contribution < 1.29 is 0 Å². The van der Waals surface area contributed by atoms with Crippen LogP contribution >= 0.6 is 15.9 Å². The van der Waals surface area contributed by atoms with Crippen LogP contribution in [0.2, 0.25) is 0 Å². The van der Waals surface area contributed by atoms with Crippen molar-refractivity contribution >= 4 is 15.9 Å². The molecule has 0 saturated carbocycles. The van der Waals surface area contributed by atoms with Crippen LogP contribution < -0.4 is 0 Å². The second-order valence-corrected chi connectivity index (χ2v) is 2.93. The fourth-order valence-electron chi connectivity index (χ4n) is 0.671. The second-order valence-electron chi connectivity index (χ2n) is 2.07. The fourth-order valence-corrected chi connectivity index (χ4v) is 0.862. The summed E-state index contributed by atoms with van der Waals surface area (Å²) in [5, 5.41) is 0. The maximum absolute atomic E-state index is 4.23. The SMILES string of the molecule is CCc1ncc(Br)c(C)n1. The average Bonchev–Trinajstić information content (AvgIpc) is 1.95. The van der Waals surface area contributed by atoms with Crippen LogP contribution in [0.5, 0.6) is 0 Å². The Bertz CT molecular complexity index is 235. The molecule has 0 unspecified atom stereocenters. The molecule has 10 heavy (non-hydrogen) atoms. The van der Waals surface area contributed by atoms with Crippen molar-refractivity contribution in [3.05, 3.63) is 22.2 Å². The van der Waals surface area contributed by atoms with Crippen LogP contribution in [0.1, 0.15) is 18.4 Å². The number of aromatic nitrogens is 2. The lowest BCUT2D eigenvalue weighted by molar-refractivity contribution is 0.910. The molecule has 54 valence electrons. The van der Waals surface area contributed by atoms with Gasteiger partial charge in [-0.2, -0.15) is 0 Å². The molecule has 0 aliphatic carbocycles. The van der Waals surface area contributed by atoms with Crippen LogP contribution in [0.25, 0.3) is 0 Å². The second kappa shape index (κ2) is 3.10. The van der Waals surface area contributed by atoms with E-state index in [2.05, 4.69) is 25.9 Å². The molecule has 0 bridgehead atoms. The van der Waals surface area contributed by atoms with Crippen molar-refractivity contribution in [1.29, 1.82) is 0 Å². The lowest BCUT2D eigenvalue weighted by atomic mass is 10.4. The maximum atomic E-state index is 4.23. The van der Waals surface area contributed by atoms with Crippen molar-refractivity contribution in [2.24, 2.45) is 0 Å². The molecular weight excluding hydrogens is 192 g/mol. The molecule has 2 nitrogen and oxygen atoms in total. The quantitative estimate of drug-likeness (QED) is 0.695. The van der Waals surface area contributed by atoms with E-state index in [4.69, 9.17) is 0 Å². The standard InChI is InChI=1S/C7H9BrN2/c1-3-7-9-4-6(8)5(2)10-7/h4H,3H2,1-2H3. The Hall–Kier alpha value is -0.440. The van der Waals surface area contributed by atoms with Gasteiger partial charge in [-0.25, -0.2) is 9.97 Å². The summed E-state index contributed by atoms with van der Waals surface area (Å²) in [4.78, 5) is 8.33. The van der Waals surface area contributed by atoms with Crippen molar-refractivity contribution in [2.45, 2.75) is 20.3 Å². The van der Waals surface area contributed by atoms with Gasteiger partial charge in [-0.15, -0.1) is 0 Å². The third-order valence-corrected chi connectivity index (χ3v) is 2.06. The van der Waals surface area contributed by atoms with Gasteiger partial charge in [0, 0.05) is 12.6 Å². The predicted molar refractivity (Wildman–Crippen MR) is 43.8 cm³/mol. The summed E-state index contributed by atoms with van der Waals surface area (Å²) in [6, 6.07) is 0. The van der Waals surface area contributed by atoms with Gasteiger partial charge in [0.25, 0.3) is 0 Å². The number of rotatable bonds is 1. The van der Waals surface area contributed by atoms with Gasteiger partial charge in [0.05, 0.1) is 10.2 Å². The molecule has 0 radical (unpaired) electrons. The average molecular weight is 201 g/mol. The Balaban J connectivity index is 3.04. The molecule has 0 fully saturated rings. The van der Waals surface area contributed by atoms with Gasteiger partial charge in [0.1, 0.15) is 5.82 Å². The van der Waals surface area contributed by atoms with Crippen LogP contribution in [0.3, 0.4) is 0 Å². The zero-order valence-electron chi connectivity index (χ0n) is 6.06. The van der Waals surface area contributed by atoms with Gasteiger partial charge >= 0.3 is 0 Å². The highest BCUT2D eigenvalue weighted by molar-refractivity contribution is 9.10. The summed E-state index contributed by atoms with van der Waals surface area (Å²) in [5.74, 6) is 0.903. The summed E-state index contributed by atoms with van der Waals surface area (Å²) >= 11 is 3.33. The van der Waals surface area contributed by atoms with E-state index in [1.54, 1.807) is 6.20 Å². The molecule has 0 spiro atoms. The molecule has 0 atom stereocenters. The number of halogens is 1. The minimum absolute atomic E-state index is 0.897. The smallest absolute Gasteiger partial charge is 0.128 e. The molecule has 0 saturated heterocycles. The lowest BCUT2D eigenvalue weighted by Crippen LogP contribution is -1.94. The summed E-state index contributed by atoms with van der Waals surface area (Å²) < 4.78 is 0.977. The summed E-state index contributed by atoms with van der Waals surface area (Å²) in [7, 11) is 0. The van der Waals surface area contributed by atoms with Gasteiger partial charge < -0.3 is 0 Å². The van der Waals surface area contributed by atoms with Crippen LogP contribution in [-0.4, -0.2) is 9.97 Å². The summed E-state index contributed by atoms with van der Waals surface area (Å²) in [5.41, 5.74) is 1.01. The first-order chi connectivity index (χ1) is 4.74. The van der Waals surface area contributed by atoms with Crippen LogP contribution in [0.15, 0.2) is 10.7 Å². The Morgan fingerprint density at radius 3 is 2.80 bits per heavy atom. The molecule has 1 aromatic rings. The largest absolute Gasteiger partial charge is 0.240 e. The van der Waals surface area contributed by atoms with E-state index in [1.807, 2.05) is 13.8 Å². The number of hydrogen-bond donors (Lipinski definition) is 0. The molecule has 1 heterocycles. The van der Waals surface area contributed by atoms with Crippen molar-refractivity contribution in [3.63, 3.8) is 0 Å². The van der Waals surface area contributed by atoms with E-state index in [0.717, 1.165) is 22.4 Å². The van der Waals surface area contributed by atoms with E-state index in [1.165, 1.54) is 0 Å². The summed E-state index contributed by atoms with van der Waals surface area (Å²) in [6.45, 7) is 4.01. The van der Waals surface area contributed by atoms with Crippen LogP contribution in [0.4, 0.5) is 0 Å². The molecule has 3 heteroatoms. The molecule has 1 aromatic heterocycles. The van der Waals surface area contributed by atoms with E-state index in [-0.39, 0.29) is 0 Å². The van der Waals surface area contributed by atoms with Crippen LogP contribution in [0, 0.1) is 6.92 Å². The van der Waals surface area contributed by atoms with Gasteiger partial charge in [0.15, 0.2) is 0 Å². The highest BCUT2D eigenvalue weighted by Crippen LogP contribution is 2.11. The van der Waals surface area contributed by atoms with Gasteiger partial charge in [-0.3, -0.25) is 0 Å². The molecule has 0 amide bonds. The minimum Gasteiger partial charge on any atom is -0.240 e. The van der Waals surface area contributed by atoms with Gasteiger partial charge in [0.2, 0.25) is 0 Å². The topological polar surface area (TPSA) is 25.8 Å². The Labute approximate surface area is 68.8 Å². The minimum atomic E-state index is 0.897. The third kappa shape index (κ3) is 1.53. The third-order valence-electron chi connectivity index (χ3n) is 1.29.